The molecule has 1 aromatic carbocycles. The molecule has 1 amide bonds. The maximum Gasteiger partial charge on any atom is 0.307 e. The summed E-state index contributed by atoms with van der Waals surface area (Å²) in [5.74, 6) is -0.342. The van der Waals surface area contributed by atoms with Crippen LogP contribution in [-0.2, 0) is 4.79 Å². The zero-order valence-corrected chi connectivity index (χ0v) is 11.2. The molecule has 1 heterocycles. The van der Waals surface area contributed by atoms with E-state index in [4.69, 9.17) is 11.6 Å². The fourth-order valence-electron chi connectivity index (χ4n) is 1.57. The highest BCUT2D eigenvalue weighted by Crippen LogP contribution is 2.18. The Balaban J connectivity index is 2.10. The Morgan fingerprint density at radius 3 is 2.90 bits per heavy atom. The number of carbonyl (C=O) groups excluding carboxylic acids is 1. The second-order valence-corrected chi connectivity index (χ2v) is 4.55. The van der Waals surface area contributed by atoms with Crippen molar-refractivity contribution in [2.24, 2.45) is 0 Å². The summed E-state index contributed by atoms with van der Waals surface area (Å²) in [6, 6.07) is 6.03. The van der Waals surface area contributed by atoms with Crippen LogP contribution < -0.4 is 5.32 Å². The van der Waals surface area contributed by atoms with Gasteiger partial charge in [-0.2, -0.15) is 5.10 Å². The quantitative estimate of drug-likeness (QED) is 0.693. The maximum absolute atomic E-state index is 12.0. The molecular formula is C12H11ClN4O3. The van der Waals surface area contributed by atoms with E-state index in [9.17, 15) is 14.9 Å². The average molecular weight is 295 g/mol. The molecule has 0 aliphatic rings. The van der Waals surface area contributed by atoms with Gasteiger partial charge in [0.2, 0.25) is 5.91 Å². The topological polar surface area (TPSA) is 90.1 Å². The van der Waals surface area contributed by atoms with Gasteiger partial charge < -0.3 is 5.32 Å². The van der Waals surface area contributed by atoms with Gasteiger partial charge in [-0.15, -0.1) is 0 Å². The molecule has 1 atom stereocenters. The third kappa shape index (κ3) is 3.12. The molecule has 0 fully saturated rings. The monoisotopic (exact) mass is 294 g/mol. The first-order chi connectivity index (χ1) is 9.47. The number of benzene rings is 1. The SMILES string of the molecule is C[C@@H](C(=O)Nc1cccc(Cl)c1)n1cc([N+](=O)[O-])cn1. The first-order valence-corrected chi connectivity index (χ1v) is 6.10. The summed E-state index contributed by atoms with van der Waals surface area (Å²) in [6.45, 7) is 1.59. The maximum atomic E-state index is 12.0. The minimum Gasteiger partial charge on any atom is -0.324 e. The second-order valence-electron chi connectivity index (χ2n) is 4.11. The highest BCUT2D eigenvalue weighted by Gasteiger charge is 2.19. The number of anilines is 1. The standard InChI is InChI=1S/C12H11ClN4O3/c1-8(16-7-11(6-14-16)17(19)20)12(18)15-10-4-2-3-9(13)5-10/h2-8H,1H3,(H,15,18)/t8-/m0/s1. The fraction of sp³-hybridized carbons (Fsp3) is 0.167. The summed E-state index contributed by atoms with van der Waals surface area (Å²) in [5.41, 5.74) is 0.392. The highest BCUT2D eigenvalue weighted by molar-refractivity contribution is 6.30. The van der Waals surface area contributed by atoms with E-state index in [1.165, 1.54) is 10.9 Å². The van der Waals surface area contributed by atoms with Crippen molar-refractivity contribution in [2.45, 2.75) is 13.0 Å². The Morgan fingerprint density at radius 2 is 2.30 bits per heavy atom. The molecule has 0 unspecified atom stereocenters. The predicted molar refractivity (Wildman–Crippen MR) is 73.7 cm³/mol. The zero-order valence-electron chi connectivity index (χ0n) is 10.5. The van der Waals surface area contributed by atoms with Crippen molar-refractivity contribution in [3.05, 3.63) is 51.8 Å². The molecule has 1 aromatic heterocycles. The summed E-state index contributed by atoms with van der Waals surface area (Å²) in [4.78, 5) is 22.0. The Bertz CT molecular complexity index is 656. The second kappa shape index (κ2) is 5.70. The van der Waals surface area contributed by atoms with E-state index in [1.807, 2.05) is 0 Å². The van der Waals surface area contributed by atoms with Crippen LogP contribution in [0.5, 0.6) is 0 Å². The van der Waals surface area contributed by atoms with Gasteiger partial charge in [-0.1, -0.05) is 17.7 Å². The van der Waals surface area contributed by atoms with Crippen molar-refractivity contribution in [2.75, 3.05) is 5.32 Å². The zero-order chi connectivity index (χ0) is 14.7. The lowest BCUT2D eigenvalue weighted by Crippen LogP contribution is -2.23. The lowest BCUT2D eigenvalue weighted by Gasteiger charge is -2.12. The number of rotatable bonds is 4. The Hall–Kier alpha value is -2.41. The molecule has 0 aliphatic heterocycles. The van der Waals surface area contributed by atoms with E-state index in [0.717, 1.165) is 6.20 Å². The van der Waals surface area contributed by atoms with Gasteiger partial charge >= 0.3 is 5.69 Å². The Morgan fingerprint density at radius 1 is 1.55 bits per heavy atom. The number of nitrogens with one attached hydrogen (secondary N) is 1. The van der Waals surface area contributed by atoms with Crippen molar-refractivity contribution >= 4 is 28.9 Å². The molecule has 0 spiro atoms. The van der Waals surface area contributed by atoms with Gasteiger partial charge in [-0.25, -0.2) is 0 Å². The van der Waals surface area contributed by atoms with Crippen LogP contribution in [0.3, 0.4) is 0 Å². The Kier molecular flexibility index (Phi) is 3.99. The first-order valence-electron chi connectivity index (χ1n) is 5.72. The number of halogens is 1. The van der Waals surface area contributed by atoms with E-state index in [-0.39, 0.29) is 11.6 Å². The van der Waals surface area contributed by atoms with E-state index >= 15 is 0 Å². The predicted octanol–water partition coefficient (Wildman–Crippen LogP) is 2.64. The van der Waals surface area contributed by atoms with E-state index in [1.54, 1.807) is 31.2 Å². The molecule has 0 bridgehead atoms. The molecule has 8 heteroatoms. The van der Waals surface area contributed by atoms with Crippen LogP contribution in [0.25, 0.3) is 0 Å². The normalized spacial score (nSPS) is 11.9. The number of amides is 1. The van der Waals surface area contributed by atoms with Crippen LogP contribution in [-0.4, -0.2) is 20.6 Å². The molecule has 0 saturated heterocycles. The summed E-state index contributed by atoms with van der Waals surface area (Å²) in [6.07, 6.45) is 2.31. The number of nitrogens with zero attached hydrogens (tertiary/aromatic N) is 3. The molecular weight excluding hydrogens is 284 g/mol. The van der Waals surface area contributed by atoms with Gasteiger partial charge in [0.25, 0.3) is 0 Å². The average Bonchev–Trinajstić information content (AvgIpc) is 2.87. The number of hydrogen-bond acceptors (Lipinski definition) is 4. The minimum absolute atomic E-state index is 0.160. The number of nitro groups is 1. The number of aromatic nitrogens is 2. The summed E-state index contributed by atoms with van der Waals surface area (Å²) in [5, 5.41) is 17.5. The van der Waals surface area contributed by atoms with Gasteiger partial charge in [0.1, 0.15) is 18.4 Å². The summed E-state index contributed by atoms with van der Waals surface area (Å²) in [7, 11) is 0. The van der Waals surface area contributed by atoms with Gasteiger partial charge in [0.05, 0.1) is 4.92 Å². The van der Waals surface area contributed by atoms with Gasteiger partial charge in [0.15, 0.2) is 0 Å². The smallest absolute Gasteiger partial charge is 0.307 e. The fourth-order valence-corrected chi connectivity index (χ4v) is 1.76. The van der Waals surface area contributed by atoms with E-state index < -0.39 is 11.0 Å². The molecule has 2 aromatic rings. The van der Waals surface area contributed by atoms with Crippen LogP contribution >= 0.6 is 11.6 Å². The van der Waals surface area contributed by atoms with Crippen LogP contribution in [0.15, 0.2) is 36.7 Å². The van der Waals surface area contributed by atoms with E-state index in [2.05, 4.69) is 10.4 Å². The molecule has 2 rings (SSSR count). The van der Waals surface area contributed by atoms with Gasteiger partial charge in [-0.05, 0) is 25.1 Å². The van der Waals surface area contributed by atoms with Crippen LogP contribution in [0.4, 0.5) is 11.4 Å². The third-order valence-corrected chi connectivity index (χ3v) is 2.90. The minimum atomic E-state index is -0.678. The number of carbonyl (C=O) groups is 1. The number of hydrogen-bond donors (Lipinski definition) is 1. The van der Waals surface area contributed by atoms with E-state index in [0.29, 0.717) is 10.7 Å². The van der Waals surface area contributed by atoms with Crippen molar-refractivity contribution in [3.63, 3.8) is 0 Å². The van der Waals surface area contributed by atoms with Gasteiger partial charge in [0, 0.05) is 10.7 Å². The molecule has 20 heavy (non-hydrogen) atoms. The molecule has 1 N–H and O–H groups in total. The van der Waals surface area contributed by atoms with Gasteiger partial charge in [-0.3, -0.25) is 19.6 Å². The molecule has 0 radical (unpaired) electrons. The van der Waals surface area contributed by atoms with Crippen molar-refractivity contribution in [1.29, 1.82) is 0 Å². The molecule has 0 saturated carbocycles. The van der Waals surface area contributed by atoms with Crippen molar-refractivity contribution in [1.82, 2.24) is 9.78 Å². The van der Waals surface area contributed by atoms with Crippen molar-refractivity contribution in [3.8, 4) is 0 Å². The summed E-state index contributed by atoms with van der Waals surface area (Å²) >= 11 is 5.82. The first kappa shape index (κ1) is 14.0. The van der Waals surface area contributed by atoms with Crippen molar-refractivity contribution < 1.29 is 9.72 Å². The molecule has 104 valence electrons. The molecule has 0 aliphatic carbocycles. The summed E-state index contributed by atoms with van der Waals surface area (Å²) < 4.78 is 1.23. The van der Waals surface area contributed by atoms with Crippen LogP contribution in [0.2, 0.25) is 5.02 Å². The van der Waals surface area contributed by atoms with Crippen LogP contribution in [0.1, 0.15) is 13.0 Å². The Labute approximate surface area is 119 Å². The lowest BCUT2D eigenvalue weighted by atomic mass is 10.2. The lowest BCUT2D eigenvalue weighted by molar-refractivity contribution is -0.385. The third-order valence-electron chi connectivity index (χ3n) is 2.67. The molecule has 7 nitrogen and oxygen atoms in total. The highest BCUT2D eigenvalue weighted by atomic mass is 35.5. The van der Waals surface area contributed by atoms with Crippen LogP contribution in [0, 0.1) is 10.1 Å². The largest absolute Gasteiger partial charge is 0.324 e.